The molecule has 6 heteroatoms. The van der Waals surface area contributed by atoms with E-state index in [9.17, 15) is 9.18 Å². The van der Waals surface area contributed by atoms with Gasteiger partial charge >= 0.3 is 5.97 Å². The maximum Gasteiger partial charge on any atom is 0.352 e. The van der Waals surface area contributed by atoms with Crippen molar-refractivity contribution >= 4 is 33.5 Å². The van der Waals surface area contributed by atoms with Crippen LogP contribution in [0.5, 0.6) is 0 Å². The summed E-state index contributed by atoms with van der Waals surface area (Å²) >= 11 is 9.32. The summed E-state index contributed by atoms with van der Waals surface area (Å²) in [6.45, 7) is 2.31. The number of rotatable bonds is 3. The van der Waals surface area contributed by atoms with Gasteiger partial charge in [-0.3, -0.25) is 0 Å². The van der Waals surface area contributed by atoms with E-state index in [0.717, 1.165) is 0 Å². The molecule has 0 atom stereocenters. The minimum atomic E-state index is -1.01. The number of benzene rings is 1. The molecule has 19 heavy (non-hydrogen) atoms. The number of halogens is 3. The first kappa shape index (κ1) is 14.1. The van der Waals surface area contributed by atoms with Crippen molar-refractivity contribution in [3.05, 3.63) is 45.3 Å². The molecule has 1 aromatic carbocycles. The van der Waals surface area contributed by atoms with Crippen molar-refractivity contribution in [1.82, 2.24) is 4.57 Å². The maximum atomic E-state index is 13.2. The van der Waals surface area contributed by atoms with Gasteiger partial charge in [0.05, 0.1) is 10.7 Å². The lowest BCUT2D eigenvalue weighted by molar-refractivity contribution is 0.0685. The zero-order valence-electron chi connectivity index (χ0n) is 9.95. The highest BCUT2D eigenvalue weighted by atomic mass is 79.9. The average Bonchev–Trinajstić information content (AvgIpc) is 2.71. The van der Waals surface area contributed by atoms with Crippen molar-refractivity contribution in [1.29, 1.82) is 0 Å². The predicted molar refractivity (Wildman–Crippen MR) is 75.2 cm³/mol. The van der Waals surface area contributed by atoms with Crippen molar-refractivity contribution < 1.29 is 14.3 Å². The molecule has 3 nitrogen and oxygen atoms in total. The van der Waals surface area contributed by atoms with E-state index in [-0.39, 0.29) is 10.7 Å². The Bertz CT molecular complexity index is 631. The molecule has 1 N–H and O–H groups in total. The summed E-state index contributed by atoms with van der Waals surface area (Å²) in [5.74, 6) is -1.46. The fourth-order valence-electron chi connectivity index (χ4n) is 2.00. The number of hydrogen-bond donors (Lipinski definition) is 1. The van der Waals surface area contributed by atoms with Crippen LogP contribution in [0.15, 0.2) is 28.7 Å². The van der Waals surface area contributed by atoms with Crippen LogP contribution in [-0.4, -0.2) is 15.6 Å². The van der Waals surface area contributed by atoms with Crippen LogP contribution in [0, 0.1) is 5.82 Å². The van der Waals surface area contributed by atoms with Gasteiger partial charge in [0.15, 0.2) is 0 Å². The Morgan fingerprint density at radius 3 is 2.68 bits per heavy atom. The smallest absolute Gasteiger partial charge is 0.352 e. The third kappa shape index (κ3) is 2.53. The SMILES string of the molecule is CCn1c(C(=O)O)ccc1-c1c(Cl)cc(F)cc1Br. The molecule has 0 radical (unpaired) electrons. The number of aromatic carboxylic acids is 1. The molecule has 2 aromatic rings. The highest BCUT2D eigenvalue weighted by Gasteiger charge is 2.18. The molecular formula is C13H10BrClFNO2. The van der Waals surface area contributed by atoms with Gasteiger partial charge in [0.2, 0.25) is 0 Å². The molecule has 0 saturated heterocycles. The fraction of sp³-hybridized carbons (Fsp3) is 0.154. The first-order chi connectivity index (χ1) is 8.95. The van der Waals surface area contributed by atoms with Crippen molar-refractivity contribution in [3.63, 3.8) is 0 Å². The van der Waals surface area contributed by atoms with Gasteiger partial charge in [0.1, 0.15) is 11.5 Å². The maximum absolute atomic E-state index is 13.2. The van der Waals surface area contributed by atoms with Crippen molar-refractivity contribution in [3.8, 4) is 11.3 Å². The summed E-state index contributed by atoms with van der Waals surface area (Å²) in [6, 6.07) is 5.67. The second-order valence-electron chi connectivity index (χ2n) is 3.90. The van der Waals surface area contributed by atoms with E-state index in [1.165, 1.54) is 18.2 Å². The van der Waals surface area contributed by atoms with Crippen LogP contribution in [0.1, 0.15) is 17.4 Å². The van der Waals surface area contributed by atoms with E-state index in [1.54, 1.807) is 10.6 Å². The molecule has 1 heterocycles. The lowest BCUT2D eigenvalue weighted by atomic mass is 10.1. The van der Waals surface area contributed by atoms with Crippen LogP contribution < -0.4 is 0 Å². The third-order valence-electron chi connectivity index (χ3n) is 2.78. The lowest BCUT2D eigenvalue weighted by Crippen LogP contribution is -2.08. The van der Waals surface area contributed by atoms with Gasteiger partial charge in [-0.1, -0.05) is 11.6 Å². The first-order valence-electron chi connectivity index (χ1n) is 5.53. The van der Waals surface area contributed by atoms with E-state index < -0.39 is 11.8 Å². The monoisotopic (exact) mass is 345 g/mol. The zero-order chi connectivity index (χ0) is 14.2. The summed E-state index contributed by atoms with van der Waals surface area (Å²) < 4.78 is 15.3. The Morgan fingerprint density at radius 2 is 2.16 bits per heavy atom. The molecule has 2 rings (SSSR count). The van der Waals surface area contributed by atoms with E-state index in [4.69, 9.17) is 16.7 Å². The molecule has 1 aromatic heterocycles. The average molecular weight is 347 g/mol. The Hall–Kier alpha value is -1.33. The van der Waals surface area contributed by atoms with Crippen molar-refractivity contribution in [2.75, 3.05) is 0 Å². The summed E-state index contributed by atoms with van der Waals surface area (Å²) in [7, 11) is 0. The Balaban J connectivity index is 2.69. The van der Waals surface area contributed by atoms with E-state index >= 15 is 0 Å². The van der Waals surface area contributed by atoms with Gasteiger partial charge < -0.3 is 9.67 Å². The van der Waals surface area contributed by atoms with E-state index in [2.05, 4.69) is 15.9 Å². The number of carbonyl (C=O) groups is 1. The minimum Gasteiger partial charge on any atom is -0.477 e. The molecule has 0 bridgehead atoms. The Morgan fingerprint density at radius 1 is 1.47 bits per heavy atom. The topological polar surface area (TPSA) is 42.2 Å². The molecule has 0 aliphatic carbocycles. The van der Waals surface area contributed by atoms with Gasteiger partial charge in [0, 0.05) is 16.6 Å². The van der Waals surface area contributed by atoms with Crippen molar-refractivity contribution in [2.45, 2.75) is 13.5 Å². The van der Waals surface area contributed by atoms with Gasteiger partial charge in [-0.25, -0.2) is 9.18 Å². The third-order valence-corrected chi connectivity index (χ3v) is 3.70. The van der Waals surface area contributed by atoms with Crippen LogP contribution in [0.2, 0.25) is 5.02 Å². The Labute approximate surface area is 122 Å². The summed E-state index contributed by atoms with van der Waals surface area (Å²) in [4.78, 5) is 11.1. The largest absolute Gasteiger partial charge is 0.477 e. The molecule has 0 aliphatic heterocycles. The molecular weight excluding hydrogens is 337 g/mol. The van der Waals surface area contributed by atoms with Gasteiger partial charge in [-0.2, -0.15) is 0 Å². The second kappa shape index (κ2) is 5.35. The predicted octanol–water partition coefficient (Wildman–Crippen LogP) is 4.43. The first-order valence-corrected chi connectivity index (χ1v) is 6.70. The molecule has 0 amide bonds. The molecule has 0 unspecified atom stereocenters. The molecule has 0 fully saturated rings. The van der Waals surface area contributed by atoms with Crippen LogP contribution in [0.3, 0.4) is 0 Å². The number of carboxylic acid groups (broad SMARTS) is 1. The van der Waals surface area contributed by atoms with E-state index in [1.807, 2.05) is 6.92 Å². The highest BCUT2D eigenvalue weighted by Crippen LogP contribution is 2.36. The standard InChI is InChI=1S/C13H10BrClFNO2/c1-2-17-10(3-4-11(17)13(18)19)12-8(14)5-7(16)6-9(12)15/h3-6H,2H2,1H3,(H,18,19). The summed E-state index contributed by atoms with van der Waals surface area (Å²) in [5, 5.41) is 9.35. The Kier molecular flexibility index (Phi) is 3.96. The minimum absolute atomic E-state index is 0.171. The molecule has 0 aliphatic rings. The number of aromatic nitrogens is 1. The fourth-order valence-corrected chi connectivity index (χ4v) is 3.05. The molecule has 0 saturated carbocycles. The van der Waals surface area contributed by atoms with Gasteiger partial charge in [-0.15, -0.1) is 0 Å². The number of carboxylic acids is 1. The van der Waals surface area contributed by atoms with Crippen LogP contribution in [0.4, 0.5) is 4.39 Å². The van der Waals surface area contributed by atoms with Crippen LogP contribution in [0.25, 0.3) is 11.3 Å². The zero-order valence-corrected chi connectivity index (χ0v) is 12.3. The van der Waals surface area contributed by atoms with Crippen LogP contribution >= 0.6 is 27.5 Å². The lowest BCUT2D eigenvalue weighted by Gasteiger charge is -2.12. The van der Waals surface area contributed by atoms with Crippen LogP contribution in [-0.2, 0) is 6.54 Å². The number of hydrogen-bond acceptors (Lipinski definition) is 1. The van der Waals surface area contributed by atoms with E-state index in [0.29, 0.717) is 22.3 Å². The van der Waals surface area contributed by atoms with Gasteiger partial charge in [0.25, 0.3) is 0 Å². The molecule has 0 spiro atoms. The van der Waals surface area contributed by atoms with Crippen molar-refractivity contribution in [2.24, 2.45) is 0 Å². The summed E-state index contributed by atoms with van der Waals surface area (Å²) in [6.07, 6.45) is 0. The number of nitrogens with zero attached hydrogens (tertiary/aromatic N) is 1. The second-order valence-corrected chi connectivity index (χ2v) is 5.16. The normalized spacial score (nSPS) is 10.7. The quantitative estimate of drug-likeness (QED) is 0.893. The highest BCUT2D eigenvalue weighted by molar-refractivity contribution is 9.10. The van der Waals surface area contributed by atoms with Gasteiger partial charge in [-0.05, 0) is 47.1 Å². The summed E-state index contributed by atoms with van der Waals surface area (Å²) in [5.41, 5.74) is 1.39. The molecule has 100 valence electrons.